The number of rotatable bonds is 3. The zero-order chi connectivity index (χ0) is 29.7. The van der Waals surface area contributed by atoms with E-state index in [0.29, 0.717) is 53.3 Å². The first-order valence-electron chi connectivity index (χ1n) is 14.8. The highest BCUT2D eigenvalue weighted by Crippen LogP contribution is 2.43. The molecule has 0 aliphatic carbocycles. The SMILES string of the molecule is C#Cc1c(F)ccc2cc(O)cc(-c3cc4nc(OC)ncc4c(N4CCCC45COC5)n3)c12.FC1CC2CCCN2C1. The molecule has 6 heterocycles. The van der Waals surface area contributed by atoms with E-state index in [9.17, 15) is 13.9 Å². The lowest BCUT2D eigenvalue weighted by Gasteiger charge is -2.46. The van der Waals surface area contributed by atoms with Crippen molar-refractivity contribution in [2.24, 2.45) is 0 Å². The van der Waals surface area contributed by atoms with Gasteiger partial charge in [0.15, 0.2) is 0 Å². The van der Waals surface area contributed by atoms with Crippen molar-refractivity contribution >= 4 is 27.5 Å². The molecule has 4 aliphatic rings. The smallest absolute Gasteiger partial charge is 0.316 e. The minimum Gasteiger partial charge on any atom is -0.508 e. The molecule has 4 aliphatic heterocycles. The Morgan fingerprint density at radius 3 is 2.77 bits per heavy atom. The second-order valence-electron chi connectivity index (χ2n) is 11.9. The summed E-state index contributed by atoms with van der Waals surface area (Å²) >= 11 is 0. The summed E-state index contributed by atoms with van der Waals surface area (Å²) in [6.07, 6.45) is 12.3. The van der Waals surface area contributed by atoms with E-state index in [4.69, 9.17) is 20.9 Å². The second-order valence-corrected chi connectivity index (χ2v) is 11.9. The number of ether oxygens (including phenoxy) is 2. The van der Waals surface area contributed by atoms with Gasteiger partial charge in [0.05, 0.1) is 48.0 Å². The van der Waals surface area contributed by atoms with Gasteiger partial charge >= 0.3 is 6.01 Å². The Kier molecular flexibility index (Phi) is 7.02. The van der Waals surface area contributed by atoms with E-state index in [-0.39, 0.29) is 22.9 Å². The monoisotopic (exact) mass is 585 g/mol. The molecule has 222 valence electrons. The first-order valence-corrected chi connectivity index (χ1v) is 14.8. The van der Waals surface area contributed by atoms with Crippen molar-refractivity contribution in [1.29, 1.82) is 0 Å². The molecule has 1 N–H and O–H groups in total. The molecule has 2 atom stereocenters. The Hall–Kier alpha value is -4.07. The number of anilines is 1. The van der Waals surface area contributed by atoms with Crippen LogP contribution in [0, 0.1) is 18.2 Å². The van der Waals surface area contributed by atoms with Crippen LogP contribution < -0.4 is 9.64 Å². The average Bonchev–Trinajstić information content (AvgIpc) is 3.71. The third-order valence-corrected chi connectivity index (χ3v) is 9.24. The molecule has 0 bridgehead atoms. The van der Waals surface area contributed by atoms with Gasteiger partial charge in [0.1, 0.15) is 23.6 Å². The molecule has 0 amide bonds. The van der Waals surface area contributed by atoms with Crippen molar-refractivity contribution in [3.05, 3.63) is 47.9 Å². The maximum atomic E-state index is 14.7. The van der Waals surface area contributed by atoms with Gasteiger partial charge in [-0.05, 0) is 68.3 Å². The zero-order valence-corrected chi connectivity index (χ0v) is 24.0. The van der Waals surface area contributed by atoms with Gasteiger partial charge in [-0.15, -0.1) is 6.42 Å². The molecule has 0 radical (unpaired) electrons. The highest BCUT2D eigenvalue weighted by atomic mass is 19.1. The molecular formula is C33H33F2N5O3. The molecule has 4 aromatic rings. The molecule has 0 saturated carbocycles. The predicted molar refractivity (Wildman–Crippen MR) is 161 cm³/mol. The summed E-state index contributed by atoms with van der Waals surface area (Å²) in [5.74, 6) is 2.73. The fourth-order valence-corrected chi connectivity index (χ4v) is 7.14. The Morgan fingerprint density at radius 2 is 2.02 bits per heavy atom. The zero-order valence-electron chi connectivity index (χ0n) is 24.0. The van der Waals surface area contributed by atoms with Crippen LogP contribution in [-0.2, 0) is 4.74 Å². The number of fused-ring (bicyclic) bond motifs is 3. The van der Waals surface area contributed by atoms with Crippen LogP contribution in [0.15, 0.2) is 36.5 Å². The van der Waals surface area contributed by atoms with Crippen LogP contribution >= 0.6 is 0 Å². The molecule has 4 saturated heterocycles. The van der Waals surface area contributed by atoms with Gasteiger partial charge in [-0.2, -0.15) is 4.98 Å². The maximum absolute atomic E-state index is 14.7. The van der Waals surface area contributed by atoms with E-state index < -0.39 is 12.0 Å². The lowest BCUT2D eigenvalue weighted by molar-refractivity contribution is -0.0506. The number of aromatic nitrogens is 3. The summed E-state index contributed by atoms with van der Waals surface area (Å²) in [6, 6.07) is 8.67. The van der Waals surface area contributed by atoms with E-state index in [1.165, 1.54) is 26.0 Å². The van der Waals surface area contributed by atoms with Gasteiger partial charge in [-0.25, -0.2) is 18.7 Å². The molecule has 2 aromatic carbocycles. The van der Waals surface area contributed by atoms with Crippen molar-refractivity contribution < 1.29 is 23.4 Å². The van der Waals surface area contributed by atoms with Crippen LogP contribution in [0.1, 0.15) is 37.7 Å². The van der Waals surface area contributed by atoms with E-state index in [1.54, 1.807) is 30.5 Å². The Labute approximate surface area is 248 Å². The summed E-state index contributed by atoms with van der Waals surface area (Å²) in [5, 5.41) is 12.4. The van der Waals surface area contributed by atoms with Crippen LogP contribution in [0.3, 0.4) is 0 Å². The number of phenolic OH excluding ortho intramolecular Hbond substituents is 1. The molecule has 4 fully saturated rings. The lowest BCUT2D eigenvalue weighted by atomic mass is 9.93. The van der Waals surface area contributed by atoms with Crippen molar-refractivity contribution in [1.82, 2.24) is 19.9 Å². The number of benzene rings is 2. The lowest BCUT2D eigenvalue weighted by Crippen LogP contribution is -2.59. The molecule has 43 heavy (non-hydrogen) atoms. The number of phenols is 1. The number of methoxy groups -OCH3 is 1. The van der Waals surface area contributed by atoms with E-state index in [2.05, 4.69) is 25.7 Å². The van der Waals surface area contributed by atoms with Crippen LogP contribution in [0.25, 0.3) is 32.9 Å². The summed E-state index contributed by atoms with van der Waals surface area (Å²) in [6.45, 7) is 3.96. The van der Waals surface area contributed by atoms with Crippen molar-refractivity contribution in [3.8, 4) is 35.4 Å². The number of hydrogen-bond donors (Lipinski definition) is 1. The van der Waals surface area contributed by atoms with Gasteiger partial charge in [-0.1, -0.05) is 12.0 Å². The molecule has 8 rings (SSSR count). The third-order valence-electron chi connectivity index (χ3n) is 9.24. The third kappa shape index (κ3) is 4.81. The first-order chi connectivity index (χ1) is 20.9. The number of hydrogen-bond acceptors (Lipinski definition) is 8. The van der Waals surface area contributed by atoms with Crippen LogP contribution in [0.4, 0.5) is 14.6 Å². The molecular weight excluding hydrogens is 552 g/mol. The maximum Gasteiger partial charge on any atom is 0.316 e. The average molecular weight is 586 g/mol. The summed E-state index contributed by atoms with van der Waals surface area (Å²) in [5.41, 5.74) is 1.70. The summed E-state index contributed by atoms with van der Waals surface area (Å²) in [4.78, 5) is 18.4. The molecule has 8 nitrogen and oxygen atoms in total. The standard InChI is InChI=1S/C26H21FN4O3.C7H12FN/c1-3-17-20(27)6-5-15-9-16(32)10-18(23(15)17)21-11-22-19(12-28-25(30-22)33-2)24(29-21)31-8-4-7-26(31)13-34-14-26;8-6-4-7-2-1-3-9(7)5-6/h1,5-6,9-12,32H,4,7-8,13-14H2,2H3;6-7H,1-5H2. The number of pyridine rings is 1. The van der Waals surface area contributed by atoms with Crippen molar-refractivity contribution in [2.45, 2.75) is 49.9 Å². The molecule has 2 unspecified atom stereocenters. The highest BCUT2D eigenvalue weighted by Gasteiger charge is 2.48. The largest absolute Gasteiger partial charge is 0.508 e. The van der Waals surface area contributed by atoms with E-state index >= 15 is 0 Å². The number of alkyl halides is 1. The van der Waals surface area contributed by atoms with Crippen LogP contribution in [-0.4, -0.2) is 82.7 Å². The van der Waals surface area contributed by atoms with Crippen LogP contribution in [0.5, 0.6) is 11.8 Å². The molecule has 10 heteroatoms. The van der Waals surface area contributed by atoms with Gasteiger partial charge in [-0.3, -0.25) is 4.90 Å². The second kappa shape index (κ2) is 10.9. The Balaban J connectivity index is 0.000000283. The first kappa shape index (κ1) is 27.7. The molecule has 2 aromatic heterocycles. The van der Waals surface area contributed by atoms with Crippen molar-refractivity contribution in [2.75, 3.05) is 44.9 Å². The van der Waals surface area contributed by atoms with Crippen molar-refractivity contribution in [3.63, 3.8) is 0 Å². The quantitative estimate of drug-likeness (QED) is 0.327. The van der Waals surface area contributed by atoms with Gasteiger partial charge in [0, 0.05) is 36.3 Å². The van der Waals surface area contributed by atoms with E-state index in [0.717, 1.165) is 43.6 Å². The Morgan fingerprint density at radius 1 is 1.16 bits per heavy atom. The highest BCUT2D eigenvalue weighted by molar-refractivity contribution is 6.03. The fraction of sp³-hybridized carbons (Fsp3) is 0.424. The van der Waals surface area contributed by atoms with Gasteiger partial charge in [0.25, 0.3) is 0 Å². The van der Waals surface area contributed by atoms with Crippen LogP contribution in [0.2, 0.25) is 0 Å². The number of terminal acetylenes is 1. The van der Waals surface area contributed by atoms with Gasteiger partial charge < -0.3 is 19.5 Å². The minimum absolute atomic E-state index is 0.0332. The summed E-state index contributed by atoms with van der Waals surface area (Å²) < 4.78 is 38.1. The van der Waals surface area contributed by atoms with Gasteiger partial charge in [0.2, 0.25) is 0 Å². The molecule has 1 spiro atoms. The number of aromatic hydroxyl groups is 1. The fourth-order valence-electron chi connectivity index (χ4n) is 7.14. The summed E-state index contributed by atoms with van der Waals surface area (Å²) in [7, 11) is 1.51. The number of halogens is 2. The minimum atomic E-state index is -0.518. The normalized spacial score (nSPS) is 22.3. The Bertz CT molecular complexity index is 1740. The van der Waals surface area contributed by atoms with E-state index in [1.807, 2.05) is 0 Å². The predicted octanol–water partition coefficient (Wildman–Crippen LogP) is 5.24. The number of nitrogens with zero attached hydrogens (tertiary/aromatic N) is 5. The topological polar surface area (TPSA) is 83.8 Å².